The van der Waals surface area contributed by atoms with Crippen LogP contribution in [-0.4, -0.2) is 36.8 Å². The second-order valence-electron chi connectivity index (χ2n) is 4.22. The van der Waals surface area contributed by atoms with Crippen LogP contribution in [0.3, 0.4) is 0 Å². The lowest BCUT2D eigenvalue weighted by atomic mass is 10.2. The van der Waals surface area contributed by atoms with E-state index in [1.165, 1.54) is 6.20 Å². The van der Waals surface area contributed by atoms with Crippen LogP contribution in [0.1, 0.15) is 23.2 Å². The molecule has 1 aromatic rings. The van der Waals surface area contributed by atoms with Crippen LogP contribution in [0.25, 0.3) is 0 Å². The topological polar surface area (TPSA) is 60.5 Å². The Morgan fingerprint density at radius 3 is 3.16 bits per heavy atom. The van der Waals surface area contributed by atoms with Crippen molar-refractivity contribution >= 4 is 5.91 Å². The van der Waals surface area contributed by atoms with Crippen molar-refractivity contribution in [1.82, 2.24) is 10.3 Å². The first kappa shape index (κ1) is 13.4. The summed E-state index contributed by atoms with van der Waals surface area (Å²) >= 11 is 0. The molecule has 0 aliphatic carbocycles. The van der Waals surface area contributed by atoms with Gasteiger partial charge >= 0.3 is 0 Å². The highest BCUT2D eigenvalue weighted by Gasteiger charge is 2.16. The second kappa shape index (κ2) is 6.76. The summed E-state index contributed by atoms with van der Waals surface area (Å²) in [5, 5.41) is 2.57. The number of terminal acetylenes is 1. The summed E-state index contributed by atoms with van der Waals surface area (Å²) in [7, 11) is 0. The summed E-state index contributed by atoms with van der Waals surface area (Å²) in [4.78, 5) is 15.7. The number of pyridine rings is 1. The standard InChI is InChI=1S/C14H16N2O3/c1-2-7-15-14(17)11-5-6-13(16-9-11)19-10-12-4-3-8-18-12/h1,5-6,9,12H,3-4,7-8,10H2,(H,15,17)/t12-/m1/s1. The first-order chi connectivity index (χ1) is 9.29. The zero-order valence-corrected chi connectivity index (χ0v) is 10.6. The largest absolute Gasteiger partial charge is 0.475 e. The molecule has 5 nitrogen and oxygen atoms in total. The van der Waals surface area contributed by atoms with E-state index in [1.807, 2.05) is 0 Å². The molecular formula is C14H16N2O3. The van der Waals surface area contributed by atoms with Gasteiger partial charge in [0.05, 0.1) is 18.2 Å². The van der Waals surface area contributed by atoms with Crippen molar-refractivity contribution in [2.45, 2.75) is 18.9 Å². The van der Waals surface area contributed by atoms with E-state index in [0.717, 1.165) is 19.4 Å². The fourth-order valence-corrected chi connectivity index (χ4v) is 1.79. The lowest BCUT2D eigenvalue weighted by Crippen LogP contribution is -2.23. The molecule has 0 radical (unpaired) electrons. The molecule has 0 bridgehead atoms. The molecule has 100 valence electrons. The van der Waals surface area contributed by atoms with Gasteiger partial charge in [0.1, 0.15) is 6.61 Å². The third kappa shape index (κ3) is 3.97. The number of hydrogen-bond donors (Lipinski definition) is 1. The average molecular weight is 260 g/mol. The number of nitrogens with one attached hydrogen (secondary N) is 1. The lowest BCUT2D eigenvalue weighted by Gasteiger charge is -2.10. The van der Waals surface area contributed by atoms with Gasteiger partial charge in [0.2, 0.25) is 5.88 Å². The quantitative estimate of drug-likeness (QED) is 0.802. The Hall–Kier alpha value is -2.06. The van der Waals surface area contributed by atoms with Gasteiger partial charge in [-0.1, -0.05) is 5.92 Å². The van der Waals surface area contributed by atoms with E-state index in [2.05, 4.69) is 16.2 Å². The summed E-state index contributed by atoms with van der Waals surface area (Å²) in [6.45, 7) is 1.50. The minimum Gasteiger partial charge on any atom is -0.475 e. The van der Waals surface area contributed by atoms with Crippen molar-refractivity contribution in [3.63, 3.8) is 0 Å². The molecule has 1 N–H and O–H groups in total. The molecule has 19 heavy (non-hydrogen) atoms. The van der Waals surface area contributed by atoms with Crippen LogP contribution < -0.4 is 10.1 Å². The van der Waals surface area contributed by atoms with Crippen LogP contribution in [0.5, 0.6) is 5.88 Å². The van der Waals surface area contributed by atoms with E-state index in [4.69, 9.17) is 15.9 Å². The molecule has 1 aliphatic rings. The highest BCUT2D eigenvalue weighted by atomic mass is 16.5. The molecule has 0 saturated carbocycles. The summed E-state index contributed by atoms with van der Waals surface area (Å²) in [6, 6.07) is 3.32. The molecule has 1 aromatic heterocycles. The van der Waals surface area contributed by atoms with E-state index in [0.29, 0.717) is 18.1 Å². The van der Waals surface area contributed by atoms with Crippen molar-refractivity contribution in [2.24, 2.45) is 0 Å². The minimum absolute atomic E-state index is 0.153. The molecule has 0 aromatic carbocycles. The first-order valence-electron chi connectivity index (χ1n) is 6.21. The van der Waals surface area contributed by atoms with E-state index in [9.17, 15) is 4.79 Å². The van der Waals surface area contributed by atoms with Crippen molar-refractivity contribution in [3.8, 4) is 18.2 Å². The number of ether oxygens (including phenoxy) is 2. The molecule has 5 heteroatoms. The van der Waals surface area contributed by atoms with Gasteiger partial charge in [0.25, 0.3) is 5.91 Å². The van der Waals surface area contributed by atoms with E-state index in [1.54, 1.807) is 12.1 Å². The summed E-state index contributed by atoms with van der Waals surface area (Å²) < 4.78 is 11.0. The Kier molecular flexibility index (Phi) is 4.76. The van der Waals surface area contributed by atoms with Crippen LogP contribution in [0, 0.1) is 12.3 Å². The molecule has 2 rings (SSSR count). The van der Waals surface area contributed by atoms with E-state index < -0.39 is 0 Å². The third-order valence-electron chi connectivity index (χ3n) is 2.79. The summed E-state index contributed by atoms with van der Waals surface area (Å²) in [6.07, 6.45) is 8.79. The maximum atomic E-state index is 11.6. The van der Waals surface area contributed by atoms with Gasteiger partial charge < -0.3 is 14.8 Å². The van der Waals surface area contributed by atoms with Gasteiger partial charge in [0.15, 0.2) is 0 Å². The SMILES string of the molecule is C#CCNC(=O)c1ccc(OC[C@H]2CCCO2)nc1. The Morgan fingerprint density at radius 1 is 1.63 bits per heavy atom. The van der Waals surface area contributed by atoms with Gasteiger partial charge in [-0.3, -0.25) is 4.79 Å². The van der Waals surface area contributed by atoms with Gasteiger partial charge in [-0.05, 0) is 18.9 Å². The number of nitrogens with zero attached hydrogens (tertiary/aromatic N) is 1. The first-order valence-corrected chi connectivity index (χ1v) is 6.21. The number of hydrogen-bond acceptors (Lipinski definition) is 4. The molecule has 1 fully saturated rings. The van der Waals surface area contributed by atoms with Crippen molar-refractivity contribution < 1.29 is 14.3 Å². The maximum Gasteiger partial charge on any atom is 0.253 e. The third-order valence-corrected chi connectivity index (χ3v) is 2.79. The predicted octanol–water partition coefficient (Wildman–Crippen LogP) is 1.00. The number of carbonyl (C=O) groups excluding carboxylic acids is 1. The molecule has 0 spiro atoms. The summed E-state index contributed by atoms with van der Waals surface area (Å²) in [5.41, 5.74) is 0.458. The molecule has 1 saturated heterocycles. The number of rotatable bonds is 5. The zero-order valence-electron chi connectivity index (χ0n) is 10.6. The Bertz CT molecular complexity index is 459. The van der Waals surface area contributed by atoms with Crippen LogP contribution in [0.2, 0.25) is 0 Å². The Labute approximate surface area is 112 Å². The fraction of sp³-hybridized carbons (Fsp3) is 0.429. The monoisotopic (exact) mass is 260 g/mol. The second-order valence-corrected chi connectivity index (χ2v) is 4.22. The Morgan fingerprint density at radius 2 is 2.53 bits per heavy atom. The zero-order chi connectivity index (χ0) is 13.5. The van der Waals surface area contributed by atoms with E-state index in [-0.39, 0.29) is 18.6 Å². The maximum absolute atomic E-state index is 11.6. The Balaban J connectivity index is 1.83. The van der Waals surface area contributed by atoms with Gasteiger partial charge in [-0.15, -0.1) is 6.42 Å². The highest BCUT2D eigenvalue weighted by Crippen LogP contribution is 2.14. The highest BCUT2D eigenvalue weighted by molar-refractivity contribution is 5.94. The number of aromatic nitrogens is 1. The normalized spacial score (nSPS) is 17.7. The molecule has 0 unspecified atom stereocenters. The molecule has 1 amide bonds. The molecular weight excluding hydrogens is 244 g/mol. The van der Waals surface area contributed by atoms with Gasteiger partial charge in [-0.2, -0.15) is 0 Å². The van der Waals surface area contributed by atoms with Crippen molar-refractivity contribution in [3.05, 3.63) is 23.9 Å². The van der Waals surface area contributed by atoms with Gasteiger partial charge in [0, 0.05) is 18.9 Å². The minimum atomic E-state index is -0.240. The van der Waals surface area contributed by atoms with Crippen LogP contribution in [-0.2, 0) is 4.74 Å². The lowest BCUT2D eigenvalue weighted by molar-refractivity contribution is 0.0663. The number of amides is 1. The molecule has 1 atom stereocenters. The van der Waals surface area contributed by atoms with Crippen LogP contribution >= 0.6 is 0 Å². The van der Waals surface area contributed by atoms with Crippen molar-refractivity contribution in [2.75, 3.05) is 19.8 Å². The number of carbonyl (C=O) groups is 1. The van der Waals surface area contributed by atoms with Gasteiger partial charge in [-0.25, -0.2) is 4.98 Å². The molecule has 1 aliphatic heterocycles. The smallest absolute Gasteiger partial charge is 0.253 e. The predicted molar refractivity (Wildman–Crippen MR) is 69.9 cm³/mol. The van der Waals surface area contributed by atoms with Crippen LogP contribution in [0.15, 0.2) is 18.3 Å². The van der Waals surface area contributed by atoms with E-state index >= 15 is 0 Å². The summed E-state index contributed by atoms with van der Waals surface area (Å²) in [5.74, 6) is 2.59. The van der Waals surface area contributed by atoms with Crippen LogP contribution in [0.4, 0.5) is 0 Å². The van der Waals surface area contributed by atoms with Crippen molar-refractivity contribution in [1.29, 1.82) is 0 Å². The average Bonchev–Trinajstić information content (AvgIpc) is 2.96. The molecule has 2 heterocycles. The fourth-order valence-electron chi connectivity index (χ4n) is 1.79.